The average molecular weight is 276 g/mol. The molecular formula is C15H17FN2O2. The number of esters is 1. The number of piperidine rings is 1. The van der Waals surface area contributed by atoms with Gasteiger partial charge < -0.3 is 9.64 Å². The first-order chi connectivity index (χ1) is 9.67. The van der Waals surface area contributed by atoms with Gasteiger partial charge in [0.2, 0.25) is 0 Å². The molecule has 0 amide bonds. The van der Waals surface area contributed by atoms with E-state index in [1.807, 2.05) is 6.07 Å². The highest BCUT2D eigenvalue weighted by molar-refractivity contribution is 5.74. The number of ether oxygens (including phenoxy) is 1. The summed E-state index contributed by atoms with van der Waals surface area (Å²) in [5, 5.41) is 9.10. The van der Waals surface area contributed by atoms with Crippen LogP contribution in [0.5, 0.6) is 0 Å². The summed E-state index contributed by atoms with van der Waals surface area (Å²) in [4.78, 5) is 13.6. The van der Waals surface area contributed by atoms with Crippen molar-refractivity contribution in [2.24, 2.45) is 5.92 Å². The number of benzene rings is 1. The molecule has 1 aromatic carbocycles. The van der Waals surface area contributed by atoms with Gasteiger partial charge in [0.1, 0.15) is 11.9 Å². The Morgan fingerprint density at radius 3 is 3.10 bits per heavy atom. The van der Waals surface area contributed by atoms with Crippen LogP contribution in [0.15, 0.2) is 18.2 Å². The summed E-state index contributed by atoms with van der Waals surface area (Å²) in [6, 6.07) is 6.45. The summed E-state index contributed by atoms with van der Waals surface area (Å²) < 4.78 is 19.0. The zero-order chi connectivity index (χ0) is 14.5. The van der Waals surface area contributed by atoms with E-state index in [2.05, 4.69) is 0 Å². The lowest BCUT2D eigenvalue weighted by Crippen LogP contribution is -2.40. The Morgan fingerprint density at radius 1 is 1.60 bits per heavy atom. The van der Waals surface area contributed by atoms with Gasteiger partial charge in [0.25, 0.3) is 0 Å². The van der Waals surface area contributed by atoms with Crippen LogP contribution in [-0.2, 0) is 9.53 Å². The topological polar surface area (TPSA) is 53.3 Å². The molecule has 1 aliphatic rings. The lowest BCUT2D eigenvalue weighted by atomic mass is 9.97. The molecule has 0 aromatic heterocycles. The van der Waals surface area contributed by atoms with E-state index >= 15 is 0 Å². The maximum atomic E-state index is 14.0. The molecule has 5 heteroatoms. The highest BCUT2D eigenvalue weighted by atomic mass is 19.1. The van der Waals surface area contributed by atoms with E-state index < -0.39 is 5.82 Å². The van der Waals surface area contributed by atoms with Gasteiger partial charge in [0.15, 0.2) is 0 Å². The molecule has 1 aromatic rings. The largest absolute Gasteiger partial charge is 0.466 e. The van der Waals surface area contributed by atoms with Crippen molar-refractivity contribution in [1.29, 1.82) is 5.26 Å². The molecule has 106 valence electrons. The van der Waals surface area contributed by atoms with Gasteiger partial charge in [0, 0.05) is 13.1 Å². The number of rotatable bonds is 3. The molecular weight excluding hydrogens is 259 g/mol. The number of hydrogen-bond acceptors (Lipinski definition) is 4. The SMILES string of the molecule is CCOC(=O)C1CCCN(c2c(F)cccc2C#N)C1. The van der Waals surface area contributed by atoms with Crippen LogP contribution in [0.1, 0.15) is 25.3 Å². The van der Waals surface area contributed by atoms with E-state index in [1.54, 1.807) is 17.9 Å². The first-order valence-electron chi connectivity index (χ1n) is 6.77. The van der Waals surface area contributed by atoms with Gasteiger partial charge in [0.05, 0.1) is 23.8 Å². The second-order valence-electron chi connectivity index (χ2n) is 4.79. The molecule has 1 heterocycles. The Balaban J connectivity index is 2.22. The van der Waals surface area contributed by atoms with Crippen molar-refractivity contribution in [3.8, 4) is 6.07 Å². The number of nitrogens with zero attached hydrogens (tertiary/aromatic N) is 2. The van der Waals surface area contributed by atoms with E-state index in [0.717, 1.165) is 12.8 Å². The van der Waals surface area contributed by atoms with Crippen LogP contribution < -0.4 is 4.90 Å². The zero-order valence-electron chi connectivity index (χ0n) is 11.4. The van der Waals surface area contributed by atoms with Crippen molar-refractivity contribution in [2.75, 3.05) is 24.6 Å². The lowest BCUT2D eigenvalue weighted by molar-refractivity contribution is -0.148. The van der Waals surface area contributed by atoms with E-state index in [0.29, 0.717) is 30.9 Å². The lowest BCUT2D eigenvalue weighted by Gasteiger charge is -2.33. The molecule has 0 aliphatic carbocycles. The molecule has 1 atom stereocenters. The number of nitriles is 1. The van der Waals surface area contributed by atoms with Crippen molar-refractivity contribution >= 4 is 11.7 Å². The van der Waals surface area contributed by atoms with E-state index in [1.165, 1.54) is 12.1 Å². The maximum Gasteiger partial charge on any atom is 0.310 e. The first kappa shape index (κ1) is 14.3. The maximum absolute atomic E-state index is 14.0. The molecule has 0 spiro atoms. The van der Waals surface area contributed by atoms with Crippen LogP contribution in [0.4, 0.5) is 10.1 Å². The van der Waals surface area contributed by atoms with Crippen molar-refractivity contribution < 1.29 is 13.9 Å². The van der Waals surface area contributed by atoms with Gasteiger partial charge in [-0.1, -0.05) is 6.07 Å². The van der Waals surface area contributed by atoms with E-state index in [-0.39, 0.29) is 11.9 Å². The molecule has 1 unspecified atom stereocenters. The quantitative estimate of drug-likeness (QED) is 0.796. The van der Waals surface area contributed by atoms with Crippen LogP contribution >= 0.6 is 0 Å². The fourth-order valence-corrected chi connectivity index (χ4v) is 2.56. The van der Waals surface area contributed by atoms with Crippen LogP contribution in [0.25, 0.3) is 0 Å². The normalized spacial score (nSPS) is 18.4. The fraction of sp³-hybridized carbons (Fsp3) is 0.467. The molecule has 4 nitrogen and oxygen atoms in total. The Morgan fingerprint density at radius 2 is 2.40 bits per heavy atom. The van der Waals surface area contributed by atoms with Crippen LogP contribution in [-0.4, -0.2) is 25.7 Å². The van der Waals surface area contributed by atoms with Crippen molar-refractivity contribution in [2.45, 2.75) is 19.8 Å². The van der Waals surface area contributed by atoms with Gasteiger partial charge in [-0.3, -0.25) is 4.79 Å². The highest BCUT2D eigenvalue weighted by Crippen LogP contribution is 2.29. The summed E-state index contributed by atoms with van der Waals surface area (Å²) in [5.74, 6) is -0.921. The summed E-state index contributed by atoms with van der Waals surface area (Å²) in [5.41, 5.74) is 0.596. The molecule has 0 bridgehead atoms. The first-order valence-corrected chi connectivity index (χ1v) is 6.77. The van der Waals surface area contributed by atoms with Crippen LogP contribution in [0.2, 0.25) is 0 Å². The third kappa shape index (κ3) is 2.90. The third-order valence-corrected chi connectivity index (χ3v) is 3.46. The van der Waals surface area contributed by atoms with Crippen molar-refractivity contribution in [3.63, 3.8) is 0 Å². The van der Waals surface area contributed by atoms with Gasteiger partial charge in [-0.25, -0.2) is 4.39 Å². The summed E-state index contributed by atoms with van der Waals surface area (Å²) in [7, 11) is 0. The summed E-state index contributed by atoms with van der Waals surface area (Å²) in [6.45, 7) is 3.15. The second kappa shape index (κ2) is 6.38. The molecule has 0 saturated carbocycles. The minimum atomic E-state index is -0.423. The standard InChI is InChI=1S/C15H17FN2O2/c1-2-20-15(19)12-6-4-8-18(10-12)14-11(9-17)5-3-7-13(14)16/h3,5,7,12H,2,4,6,8,10H2,1H3. The van der Waals surface area contributed by atoms with E-state index in [4.69, 9.17) is 10.00 Å². The smallest absolute Gasteiger partial charge is 0.310 e. The summed E-state index contributed by atoms with van der Waals surface area (Å²) in [6.07, 6.45) is 1.52. The fourth-order valence-electron chi connectivity index (χ4n) is 2.56. The molecule has 1 aliphatic heterocycles. The number of carbonyl (C=O) groups is 1. The molecule has 0 N–H and O–H groups in total. The molecule has 1 saturated heterocycles. The van der Waals surface area contributed by atoms with Gasteiger partial charge >= 0.3 is 5.97 Å². The predicted molar refractivity (Wildman–Crippen MR) is 72.7 cm³/mol. The minimum absolute atomic E-state index is 0.243. The van der Waals surface area contributed by atoms with Crippen LogP contribution in [0.3, 0.4) is 0 Å². The van der Waals surface area contributed by atoms with Crippen molar-refractivity contribution in [1.82, 2.24) is 0 Å². The minimum Gasteiger partial charge on any atom is -0.466 e. The monoisotopic (exact) mass is 276 g/mol. The Hall–Kier alpha value is -2.09. The van der Waals surface area contributed by atoms with Crippen molar-refractivity contribution in [3.05, 3.63) is 29.6 Å². The number of hydrogen-bond donors (Lipinski definition) is 0. The highest BCUT2D eigenvalue weighted by Gasteiger charge is 2.29. The average Bonchev–Trinajstić information content (AvgIpc) is 2.47. The van der Waals surface area contributed by atoms with Gasteiger partial charge in [-0.05, 0) is 31.9 Å². The Bertz CT molecular complexity index is 539. The molecule has 20 heavy (non-hydrogen) atoms. The predicted octanol–water partition coefficient (Wildman–Crippen LogP) is 2.48. The number of anilines is 1. The molecule has 0 radical (unpaired) electrons. The summed E-state index contributed by atoms with van der Waals surface area (Å²) >= 11 is 0. The molecule has 1 fully saturated rings. The number of para-hydroxylation sites is 1. The van der Waals surface area contributed by atoms with Gasteiger partial charge in [-0.15, -0.1) is 0 Å². The third-order valence-electron chi connectivity index (χ3n) is 3.46. The zero-order valence-corrected chi connectivity index (χ0v) is 11.4. The van der Waals surface area contributed by atoms with Crippen LogP contribution in [0, 0.1) is 23.1 Å². The number of carbonyl (C=O) groups excluding carboxylic acids is 1. The Labute approximate surface area is 117 Å². The second-order valence-corrected chi connectivity index (χ2v) is 4.79. The Kier molecular flexibility index (Phi) is 4.57. The van der Waals surface area contributed by atoms with E-state index in [9.17, 15) is 9.18 Å². The van der Waals surface area contributed by atoms with Gasteiger partial charge in [-0.2, -0.15) is 5.26 Å². The molecule has 2 rings (SSSR count). The number of halogens is 1.